The monoisotopic (exact) mass is 309 g/mol. The zero-order chi connectivity index (χ0) is 16.8. The van der Waals surface area contributed by atoms with Gasteiger partial charge in [0.25, 0.3) is 0 Å². The molecule has 0 fully saturated rings. The maximum Gasteiger partial charge on any atom is 0.407 e. The third-order valence-electron chi connectivity index (χ3n) is 2.60. The summed E-state index contributed by atoms with van der Waals surface area (Å²) in [5.74, 6) is 0.944. The van der Waals surface area contributed by atoms with Crippen LogP contribution in [0.5, 0.6) is 11.5 Å². The fourth-order valence-electron chi connectivity index (χ4n) is 1.63. The Bertz CT molecular complexity index is 534. The molecule has 0 atom stereocenters. The second kappa shape index (κ2) is 7.68. The summed E-state index contributed by atoms with van der Waals surface area (Å²) in [6.07, 6.45) is -0.491. The molecule has 1 N–H and O–H groups in total. The van der Waals surface area contributed by atoms with Crippen molar-refractivity contribution in [3.05, 3.63) is 23.8 Å². The summed E-state index contributed by atoms with van der Waals surface area (Å²) in [5, 5.41) is 2.60. The SMILES string of the molecule is COc1cc(C(C)=O)ccc1OCCNC(=O)OC(C)(C)C. The van der Waals surface area contributed by atoms with Crippen LogP contribution in [0, 0.1) is 0 Å². The molecular weight excluding hydrogens is 286 g/mol. The van der Waals surface area contributed by atoms with Gasteiger partial charge in [-0.05, 0) is 45.9 Å². The summed E-state index contributed by atoms with van der Waals surface area (Å²) in [4.78, 5) is 22.8. The Labute approximate surface area is 130 Å². The van der Waals surface area contributed by atoms with Crippen LogP contribution in [-0.4, -0.2) is 37.7 Å². The van der Waals surface area contributed by atoms with Crippen molar-refractivity contribution in [1.82, 2.24) is 5.32 Å². The average Bonchev–Trinajstić information content (AvgIpc) is 2.41. The van der Waals surface area contributed by atoms with E-state index in [4.69, 9.17) is 14.2 Å². The molecule has 22 heavy (non-hydrogen) atoms. The number of benzene rings is 1. The lowest BCUT2D eigenvalue weighted by molar-refractivity contribution is 0.0520. The number of nitrogens with one attached hydrogen (secondary N) is 1. The van der Waals surface area contributed by atoms with Gasteiger partial charge in [0.15, 0.2) is 17.3 Å². The first kappa shape index (κ1) is 17.8. The lowest BCUT2D eigenvalue weighted by Crippen LogP contribution is -2.34. The van der Waals surface area contributed by atoms with Crippen LogP contribution in [0.3, 0.4) is 0 Å². The van der Waals surface area contributed by atoms with Crippen molar-refractivity contribution < 1.29 is 23.8 Å². The first-order valence-corrected chi connectivity index (χ1v) is 7.01. The van der Waals surface area contributed by atoms with E-state index in [9.17, 15) is 9.59 Å². The lowest BCUT2D eigenvalue weighted by Gasteiger charge is -2.19. The standard InChI is InChI=1S/C16H23NO5/c1-11(18)12-6-7-13(14(10-12)20-5)21-9-8-17-15(19)22-16(2,3)4/h6-7,10H,8-9H2,1-5H3,(H,17,19). The zero-order valence-electron chi connectivity index (χ0n) is 13.7. The summed E-state index contributed by atoms with van der Waals surface area (Å²) in [7, 11) is 1.51. The first-order valence-electron chi connectivity index (χ1n) is 7.01. The van der Waals surface area contributed by atoms with Gasteiger partial charge >= 0.3 is 6.09 Å². The molecule has 1 rings (SSSR count). The molecule has 1 aromatic rings. The van der Waals surface area contributed by atoms with Crippen LogP contribution in [0.4, 0.5) is 4.79 Å². The van der Waals surface area contributed by atoms with Crippen LogP contribution < -0.4 is 14.8 Å². The van der Waals surface area contributed by atoms with E-state index in [2.05, 4.69) is 5.32 Å². The molecule has 0 saturated carbocycles. The predicted molar refractivity (Wildman–Crippen MR) is 82.7 cm³/mol. The topological polar surface area (TPSA) is 73.9 Å². The molecule has 0 unspecified atom stereocenters. The van der Waals surface area contributed by atoms with E-state index in [0.29, 0.717) is 23.6 Å². The quantitative estimate of drug-likeness (QED) is 0.646. The van der Waals surface area contributed by atoms with E-state index in [0.717, 1.165) is 0 Å². The van der Waals surface area contributed by atoms with Gasteiger partial charge in [0, 0.05) is 5.56 Å². The van der Waals surface area contributed by atoms with Crippen molar-refractivity contribution in [2.45, 2.75) is 33.3 Å². The minimum Gasteiger partial charge on any atom is -0.493 e. The number of hydrogen-bond donors (Lipinski definition) is 1. The van der Waals surface area contributed by atoms with Gasteiger partial charge in [-0.3, -0.25) is 4.79 Å². The Morgan fingerprint density at radius 2 is 1.86 bits per heavy atom. The Hall–Kier alpha value is -2.24. The molecule has 6 heteroatoms. The van der Waals surface area contributed by atoms with Gasteiger partial charge < -0.3 is 19.5 Å². The number of alkyl carbamates (subject to hydrolysis) is 1. The Kier molecular flexibility index (Phi) is 6.22. The minimum atomic E-state index is -0.531. The van der Waals surface area contributed by atoms with Gasteiger partial charge in [-0.2, -0.15) is 0 Å². The first-order chi connectivity index (χ1) is 10.2. The summed E-state index contributed by atoms with van der Waals surface area (Å²) in [6.45, 7) is 7.43. The molecule has 0 aliphatic heterocycles. The summed E-state index contributed by atoms with van der Waals surface area (Å²) >= 11 is 0. The van der Waals surface area contributed by atoms with Crippen molar-refractivity contribution in [3.63, 3.8) is 0 Å². The van der Waals surface area contributed by atoms with Crippen molar-refractivity contribution in [2.75, 3.05) is 20.3 Å². The predicted octanol–water partition coefficient (Wildman–Crippen LogP) is 2.80. The number of methoxy groups -OCH3 is 1. The van der Waals surface area contributed by atoms with Crippen LogP contribution in [0.2, 0.25) is 0 Å². The fourth-order valence-corrected chi connectivity index (χ4v) is 1.63. The Morgan fingerprint density at radius 3 is 2.41 bits per heavy atom. The minimum absolute atomic E-state index is 0.0450. The number of rotatable bonds is 6. The van der Waals surface area contributed by atoms with Crippen molar-refractivity contribution >= 4 is 11.9 Å². The Balaban J connectivity index is 2.48. The molecular formula is C16H23NO5. The van der Waals surface area contributed by atoms with E-state index in [1.54, 1.807) is 39.0 Å². The smallest absolute Gasteiger partial charge is 0.407 e. The van der Waals surface area contributed by atoms with Crippen LogP contribution in [0.25, 0.3) is 0 Å². The number of ketones is 1. The number of Topliss-reactive ketones (excluding diaryl/α,β-unsaturated/α-hetero) is 1. The maximum absolute atomic E-state index is 11.5. The molecule has 0 spiro atoms. The van der Waals surface area contributed by atoms with E-state index in [1.165, 1.54) is 14.0 Å². The molecule has 0 saturated heterocycles. The molecule has 0 aromatic heterocycles. The molecule has 0 aliphatic carbocycles. The summed E-state index contributed by atoms with van der Waals surface area (Å²) in [5.41, 5.74) is 0.0209. The third kappa shape index (κ3) is 6.03. The second-order valence-electron chi connectivity index (χ2n) is 5.70. The molecule has 6 nitrogen and oxygen atoms in total. The van der Waals surface area contributed by atoms with Gasteiger partial charge in [0.05, 0.1) is 13.7 Å². The van der Waals surface area contributed by atoms with Gasteiger partial charge in [-0.1, -0.05) is 0 Å². The van der Waals surface area contributed by atoms with Crippen LogP contribution in [-0.2, 0) is 4.74 Å². The highest BCUT2D eigenvalue weighted by Gasteiger charge is 2.15. The van der Waals surface area contributed by atoms with E-state index < -0.39 is 11.7 Å². The van der Waals surface area contributed by atoms with E-state index in [-0.39, 0.29) is 12.4 Å². The van der Waals surface area contributed by atoms with E-state index >= 15 is 0 Å². The Morgan fingerprint density at radius 1 is 1.18 bits per heavy atom. The fraction of sp³-hybridized carbons (Fsp3) is 0.500. The number of ether oxygens (including phenoxy) is 3. The highest BCUT2D eigenvalue weighted by molar-refractivity contribution is 5.94. The van der Waals surface area contributed by atoms with Crippen LogP contribution in [0.15, 0.2) is 18.2 Å². The van der Waals surface area contributed by atoms with Crippen LogP contribution >= 0.6 is 0 Å². The van der Waals surface area contributed by atoms with Gasteiger partial charge in [0.1, 0.15) is 12.2 Å². The molecule has 0 aliphatic rings. The normalized spacial score (nSPS) is 10.8. The van der Waals surface area contributed by atoms with Crippen molar-refractivity contribution in [3.8, 4) is 11.5 Å². The van der Waals surface area contributed by atoms with Gasteiger partial charge in [-0.15, -0.1) is 0 Å². The molecule has 1 aromatic carbocycles. The van der Waals surface area contributed by atoms with Gasteiger partial charge in [-0.25, -0.2) is 4.79 Å². The maximum atomic E-state index is 11.5. The zero-order valence-corrected chi connectivity index (χ0v) is 13.7. The summed E-state index contributed by atoms with van der Waals surface area (Å²) in [6, 6.07) is 4.96. The molecule has 122 valence electrons. The number of carbonyl (C=O) groups is 2. The number of hydrogen-bond acceptors (Lipinski definition) is 5. The largest absolute Gasteiger partial charge is 0.493 e. The van der Waals surface area contributed by atoms with Gasteiger partial charge in [0.2, 0.25) is 0 Å². The molecule has 1 amide bonds. The van der Waals surface area contributed by atoms with E-state index in [1.807, 2.05) is 0 Å². The molecule has 0 heterocycles. The molecule has 0 radical (unpaired) electrons. The number of amides is 1. The second-order valence-corrected chi connectivity index (χ2v) is 5.70. The average molecular weight is 309 g/mol. The third-order valence-corrected chi connectivity index (χ3v) is 2.60. The highest BCUT2D eigenvalue weighted by Crippen LogP contribution is 2.28. The van der Waals surface area contributed by atoms with Crippen molar-refractivity contribution in [1.29, 1.82) is 0 Å². The lowest BCUT2D eigenvalue weighted by atomic mass is 10.1. The van der Waals surface area contributed by atoms with Crippen LogP contribution in [0.1, 0.15) is 38.1 Å². The van der Waals surface area contributed by atoms with Crippen molar-refractivity contribution in [2.24, 2.45) is 0 Å². The summed E-state index contributed by atoms with van der Waals surface area (Å²) < 4.78 is 15.8. The highest BCUT2D eigenvalue weighted by atomic mass is 16.6. The number of carbonyl (C=O) groups excluding carboxylic acids is 2. The molecule has 0 bridgehead atoms.